The molecule has 0 bridgehead atoms. The summed E-state index contributed by atoms with van der Waals surface area (Å²) in [5.41, 5.74) is 6.17. The van der Waals surface area contributed by atoms with Crippen LogP contribution in [0.3, 0.4) is 0 Å². The van der Waals surface area contributed by atoms with E-state index in [4.69, 9.17) is 14.5 Å². The van der Waals surface area contributed by atoms with Gasteiger partial charge in [-0.25, -0.2) is 4.99 Å². The van der Waals surface area contributed by atoms with Gasteiger partial charge >= 0.3 is 0 Å². The fraction of sp³-hybridized carbons (Fsp3) is 0.174. The number of hydrogen-bond acceptors (Lipinski definition) is 3. The van der Waals surface area contributed by atoms with Crippen molar-refractivity contribution >= 4 is 22.6 Å². The average Bonchev–Trinajstić information content (AvgIpc) is 3.23. The van der Waals surface area contributed by atoms with Crippen LogP contribution in [-0.2, 0) is 4.74 Å². The minimum atomic E-state index is 0.770. The number of benzene rings is 2. The van der Waals surface area contributed by atoms with Gasteiger partial charge in [0.15, 0.2) is 0 Å². The summed E-state index contributed by atoms with van der Waals surface area (Å²) in [5, 5.41) is 2.29. The summed E-state index contributed by atoms with van der Waals surface area (Å²) < 4.78 is 10.9. The van der Waals surface area contributed by atoms with Crippen LogP contribution in [0, 0.1) is 13.8 Å². The molecule has 1 N–H and O–H groups in total. The maximum atomic E-state index is 5.56. The summed E-state index contributed by atoms with van der Waals surface area (Å²) in [4.78, 5) is 8.18. The summed E-state index contributed by atoms with van der Waals surface area (Å²) in [6.07, 6.45) is 4.03. The van der Waals surface area contributed by atoms with Gasteiger partial charge in [0.2, 0.25) is 0 Å². The molecule has 0 spiro atoms. The number of nitrogens with one attached hydrogen (secondary N) is 1. The van der Waals surface area contributed by atoms with Gasteiger partial charge in [0.05, 0.1) is 19.9 Å². The van der Waals surface area contributed by atoms with Gasteiger partial charge in [-0.15, -0.1) is 0 Å². The van der Waals surface area contributed by atoms with Gasteiger partial charge in [-0.2, -0.15) is 0 Å². The van der Waals surface area contributed by atoms with E-state index in [-0.39, 0.29) is 0 Å². The number of fused-ring (bicyclic) bond motifs is 1. The number of nitrogens with zero attached hydrogens (tertiary/aromatic N) is 1. The van der Waals surface area contributed by atoms with Crippen LogP contribution in [0.5, 0.6) is 5.75 Å². The Bertz CT molecular complexity index is 1120. The number of allylic oxidation sites excluding steroid dienone is 1. The molecule has 1 aliphatic heterocycles. The van der Waals surface area contributed by atoms with Gasteiger partial charge in [0.25, 0.3) is 0 Å². The van der Waals surface area contributed by atoms with Crippen LogP contribution in [-0.4, -0.2) is 24.9 Å². The first-order valence-corrected chi connectivity index (χ1v) is 8.88. The van der Waals surface area contributed by atoms with E-state index in [0.717, 1.165) is 50.6 Å². The molecule has 0 unspecified atom stereocenters. The maximum Gasteiger partial charge on any atom is 0.146 e. The molecule has 0 atom stereocenters. The lowest BCUT2D eigenvalue weighted by Crippen LogP contribution is -1.94. The standard InChI is InChI=1S/C23H22N2O2/c1-14-9-15(2)24-20(14)12-22-23(27-4)13-21(25-22)18-6-5-17-11-19(26-3)8-7-16(17)10-18/h5-13,24H,1-4H3/b22-12+. The predicted octanol–water partition coefficient (Wildman–Crippen LogP) is 5.17. The molecule has 2 aromatic carbocycles. The lowest BCUT2D eigenvalue weighted by molar-refractivity contribution is 0.303. The molecule has 4 heteroatoms. The number of aromatic nitrogens is 1. The van der Waals surface area contributed by atoms with Crippen LogP contribution >= 0.6 is 0 Å². The highest BCUT2D eigenvalue weighted by molar-refractivity contribution is 6.13. The molecule has 1 aliphatic rings. The van der Waals surface area contributed by atoms with Crippen molar-refractivity contribution in [3.8, 4) is 5.75 Å². The monoisotopic (exact) mass is 358 g/mol. The van der Waals surface area contributed by atoms with Crippen molar-refractivity contribution in [2.75, 3.05) is 14.2 Å². The quantitative estimate of drug-likeness (QED) is 0.699. The molecule has 4 nitrogen and oxygen atoms in total. The molecule has 1 aromatic heterocycles. The minimum Gasteiger partial charge on any atom is -0.497 e. The molecular formula is C23H22N2O2. The second-order valence-electron chi connectivity index (χ2n) is 6.72. The fourth-order valence-electron chi connectivity index (χ4n) is 3.38. The summed E-state index contributed by atoms with van der Waals surface area (Å²) in [5.74, 6) is 1.63. The molecule has 0 aliphatic carbocycles. The number of methoxy groups -OCH3 is 2. The van der Waals surface area contributed by atoms with Gasteiger partial charge in [-0.3, -0.25) is 0 Å². The zero-order valence-electron chi connectivity index (χ0n) is 16.0. The highest BCUT2D eigenvalue weighted by atomic mass is 16.5. The highest BCUT2D eigenvalue weighted by Crippen LogP contribution is 2.28. The Morgan fingerprint density at radius 3 is 2.41 bits per heavy atom. The van der Waals surface area contributed by atoms with Gasteiger partial charge in [-0.1, -0.05) is 18.2 Å². The van der Waals surface area contributed by atoms with E-state index in [1.807, 2.05) is 24.3 Å². The van der Waals surface area contributed by atoms with Crippen LogP contribution in [0.25, 0.3) is 16.8 Å². The lowest BCUT2D eigenvalue weighted by Gasteiger charge is -2.04. The second-order valence-corrected chi connectivity index (χ2v) is 6.72. The van der Waals surface area contributed by atoms with E-state index < -0.39 is 0 Å². The van der Waals surface area contributed by atoms with Crippen molar-refractivity contribution < 1.29 is 9.47 Å². The summed E-state index contributed by atoms with van der Waals surface area (Å²) >= 11 is 0. The Morgan fingerprint density at radius 1 is 0.926 bits per heavy atom. The second kappa shape index (κ2) is 6.80. The minimum absolute atomic E-state index is 0.770. The van der Waals surface area contributed by atoms with Crippen LogP contribution in [0.4, 0.5) is 0 Å². The predicted molar refractivity (Wildman–Crippen MR) is 110 cm³/mol. The first-order valence-electron chi connectivity index (χ1n) is 8.88. The van der Waals surface area contributed by atoms with Crippen molar-refractivity contribution in [1.29, 1.82) is 0 Å². The molecule has 0 radical (unpaired) electrons. The third-order valence-electron chi connectivity index (χ3n) is 4.80. The van der Waals surface area contributed by atoms with Crippen molar-refractivity contribution in [1.82, 2.24) is 4.98 Å². The van der Waals surface area contributed by atoms with E-state index in [0.29, 0.717) is 0 Å². The van der Waals surface area contributed by atoms with Crippen molar-refractivity contribution in [3.63, 3.8) is 0 Å². The lowest BCUT2D eigenvalue weighted by atomic mass is 10.0. The Morgan fingerprint density at radius 2 is 1.70 bits per heavy atom. The molecule has 0 saturated carbocycles. The van der Waals surface area contributed by atoms with Gasteiger partial charge < -0.3 is 14.5 Å². The number of hydrogen-bond donors (Lipinski definition) is 1. The van der Waals surface area contributed by atoms with E-state index in [2.05, 4.69) is 49.2 Å². The number of H-pyrrole nitrogens is 1. The Labute approximate surface area is 158 Å². The van der Waals surface area contributed by atoms with Gasteiger partial charge in [0, 0.05) is 23.0 Å². The highest BCUT2D eigenvalue weighted by Gasteiger charge is 2.17. The Hall–Kier alpha value is -3.27. The molecular weight excluding hydrogens is 336 g/mol. The summed E-state index contributed by atoms with van der Waals surface area (Å²) in [6.45, 7) is 4.14. The molecule has 0 amide bonds. The zero-order valence-corrected chi connectivity index (χ0v) is 16.0. The molecule has 27 heavy (non-hydrogen) atoms. The SMILES string of the molecule is COC1=CC(c2ccc3cc(OC)ccc3c2)=N/C1=C/c1[nH]c(C)cc1C. The van der Waals surface area contributed by atoms with Crippen LogP contribution in [0.15, 0.2) is 65.0 Å². The molecule has 136 valence electrons. The normalized spacial score (nSPS) is 15.2. The van der Waals surface area contributed by atoms with Gasteiger partial charge in [-0.05, 0) is 60.5 Å². The number of aliphatic imine (C=N–C) groups is 1. The van der Waals surface area contributed by atoms with Crippen molar-refractivity contribution in [2.24, 2.45) is 4.99 Å². The van der Waals surface area contributed by atoms with E-state index in [1.54, 1.807) is 14.2 Å². The van der Waals surface area contributed by atoms with E-state index >= 15 is 0 Å². The van der Waals surface area contributed by atoms with E-state index in [9.17, 15) is 0 Å². The topological polar surface area (TPSA) is 46.6 Å². The Kier molecular flexibility index (Phi) is 4.32. The smallest absolute Gasteiger partial charge is 0.146 e. The average molecular weight is 358 g/mol. The largest absolute Gasteiger partial charge is 0.497 e. The number of aromatic amines is 1. The molecule has 0 fully saturated rings. The maximum absolute atomic E-state index is 5.56. The number of rotatable bonds is 4. The first-order chi connectivity index (χ1) is 13.1. The molecule has 0 saturated heterocycles. The van der Waals surface area contributed by atoms with Crippen molar-refractivity contribution in [2.45, 2.75) is 13.8 Å². The third kappa shape index (κ3) is 3.26. The Balaban J connectivity index is 1.74. The third-order valence-corrected chi connectivity index (χ3v) is 4.80. The summed E-state index contributed by atoms with van der Waals surface area (Å²) in [7, 11) is 3.36. The molecule has 3 aromatic rings. The van der Waals surface area contributed by atoms with Crippen molar-refractivity contribution in [3.05, 3.63) is 82.5 Å². The van der Waals surface area contributed by atoms with Gasteiger partial charge in [0.1, 0.15) is 17.2 Å². The molecule has 4 rings (SSSR count). The van der Waals surface area contributed by atoms with Crippen LogP contribution < -0.4 is 4.74 Å². The molecule has 2 heterocycles. The zero-order chi connectivity index (χ0) is 19.0. The number of aryl methyl sites for hydroxylation is 2. The van der Waals surface area contributed by atoms with Crippen LogP contribution in [0.1, 0.15) is 22.5 Å². The van der Waals surface area contributed by atoms with Crippen LogP contribution in [0.2, 0.25) is 0 Å². The first kappa shape index (κ1) is 17.2. The summed E-state index contributed by atoms with van der Waals surface area (Å²) in [6, 6.07) is 14.5. The fourth-order valence-corrected chi connectivity index (χ4v) is 3.38. The van der Waals surface area contributed by atoms with E-state index in [1.165, 1.54) is 5.56 Å². The number of ether oxygens (including phenoxy) is 2.